The second-order valence-corrected chi connectivity index (χ2v) is 9.88. The van der Waals surface area contributed by atoms with Gasteiger partial charge in [-0.05, 0) is 58.3 Å². The molecule has 3 rings (SSSR count). The summed E-state index contributed by atoms with van der Waals surface area (Å²) in [6.07, 6.45) is 4.58. The Balaban J connectivity index is 1.41. The second-order valence-electron chi connectivity index (χ2n) is 8.61. The number of halogens is 1. The van der Waals surface area contributed by atoms with Crippen molar-refractivity contribution >= 4 is 51.0 Å². The molecule has 1 atom stereocenters. The topological polar surface area (TPSA) is 99.8 Å². The number of carbonyl (C=O) groups excluding carboxylic acids is 3. The van der Waals surface area contributed by atoms with E-state index in [2.05, 4.69) is 39.0 Å². The number of hydrazine groups is 1. The van der Waals surface area contributed by atoms with Crippen molar-refractivity contribution in [3.63, 3.8) is 0 Å². The molecule has 10 heteroatoms. The summed E-state index contributed by atoms with van der Waals surface area (Å²) in [4.78, 5) is 39.1. The quantitative estimate of drug-likeness (QED) is 0.224. The van der Waals surface area contributed by atoms with Crippen LogP contribution in [-0.2, 0) is 16.1 Å². The van der Waals surface area contributed by atoms with Crippen LogP contribution in [0.2, 0.25) is 0 Å². The van der Waals surface area contributed by atoms with E-state index in [-0.39, 0.29) is 23.3 Å². The van der Waals surface area contributed by atoms with E-state index >= 15 is 0 Å². The van der Waals surface area contributed by atoms with E-state index in [1.807, 2.05) is 30.3 Å². The molecule has 0 aromatic heterocycles. The molecule has 8 nitrogen and oxygen atoms in total. The molecule has 0 saturated carbocycles. The molecular weight excluding hydrogens is 544 g/mol. The molecular formula is C26H31BrN4O4S. The predicted octanol–water partition coefficient (Wildman–Crippen LogP) is 4.09. The average Bonchev–Trinajstić information content (AvgIpc) is 3.23. The van der Waals surface area contributed by atoms with Gasteiger partial charge in [0.1, 0.15) is 5.75 Å². The molecule has 1 unspecified atom stereocenters. The van der Waals surface area contributed by atoms with Crippen LogP contribution in [0, 0.1) is 5.92 Å². The van der Waals surface area contributed by atoms with Crippen LogP contribution in [0.4, 0.5) is 0 Å². The molecule has 36 heavy (non-hydrogen) atoms. The molecule has 1 fully saturated rings. The van der Waals surface area contributed by atoms with Crippen molar-refractivity contribution in [2.75, 3.05) is 13.2 Å². The molecule has 1 heterocycles. The predicted molar refractivity (Wildman–Crippen MR) is 145 cm³/mol. The number of hydrogen-bond acceptors (Lipinski definition) is 5. The van der Waals surface area contributed by atoms with Gasteiger partial charge in [-0.1, -0.05) is 56.5 Å². The molecule has 0 spiro atoms. The number of benzene rings is 2. The third-order valence-corrected chi connectivity index (χ3v) is 6.60. The molecule has 2 aromatic carbocycles. The van der Waals surface area contributed by atoms with Gasteiger partial charge in [0.15, 0.2) is 5.11 Å². The summed E-state index contributed by atoms with van der Waals surface area (Å²) >= 11 is 8.58. The van der Waals surface area contributed by atoms with Gasteiger partial charge in [-0.25, -0.2) is 0 Å². The number of hydrogen-bond donors (Lipinski definition) is 3. The lowest BCUT2D eigenvalue weighted by atomic mass is 10.1. The van der Waals surface area contributed by atoms with Crippen molar-refractivity contribution in [2.24, 2.45) is 5.92 Å². The monoisotopic (exact) mass is 574 g/mol. The molecule has 1 aliphatic heterocycles. The highest BCUT2D eigenvalue weighted by atomic mass is 79.9. The van der Waals surface area contributed by atoms with Crippen LogP contribution in [0.1, 0.15) is 54.9 Å². The zero-order valence-corrected chi connectivity index (χ0v) is 22.6. The first kappa shape index (κ1) is 27.6. The van der Waals surface area contributed by atoms with Crippen molar-refractivity contribution in [3.05, 3.63) is 64.1 Å². The SMILES string of the molecule is CCCCCCOc1ccc(C(=O)NC(=S)NNC(=O)C2CC(=O)N(Cc3ccccc3)C2)cc1Br. The minimum absolute atomic E-state index is 0.0498. The van der Waals surface area contributed by atoms with Crippen molar-refractivity contribution in [1.29, 1.82) is 0 Å². The lowest BCUT2D eigenvalue weighted by Crippen LogP contribution is -2.50. The lowest BCUT2D eigenvalue weighted by molar-refractivity contribution is -0.129. The molecule has 1 aliphatic rings. The first-order chi connectivity index (χ1) is 17.4. The van der Waals surface area contributed by atoms with E-state index in [1.54, 1.807) is 23.1 Å². The van der Waals surface area contributed by atoms with Crippen LogP contribution in [0.15, 0.2) is 53.0 Å². The van der Waals surface area contributed by atoms with E-state index in [1.165, 1.54) is 12.8 Å². The Bertz CT molecular complexity index is 1080. The Kier molecular flexibility index (Phi) is 10.7. The van der Waals surface area contributed by atoms with Gasteiger partial charge in [-0.3, -0.25) is 30.6 Å². The minimum Gasteiger partial charge on any atom is -0.492 e. The normalized spacial score (nSPS) is 14.9. The fraction of sp³-hybridized carbons (Fsp3) is 0.385. The third-order valence-electron chi connectivity index (χ3n) is 5.78. The fourth-order valence-electron chi connectivity index (χ4n) is 3.80. The fourth-order valence-corrected chi connectivity index (χ4v) is 4.44. The first-order valence-corrected chi connectivity index (χ1v) is 13.2. The summed E-state index contributed by atoms with van der Waals surface area (Å²) in [5.74, 6) is -0.698. The number of nitrogens with zero attached hydrogens (tertiary/aromatic N) is 1. The highest BCUT2D eigenvalue weighted by Gasteiger charge is 2.34. The summed E-state index contributed by atoms with van der Waals surface area (Å²) in [6, 6.07) is 14.7. The molecule has 3 N–H and O–H groups in total. The number of nitrogens with one attached hydrogen (secondary N) is 3. The van der Waals surface area contributed by atoms with Crippen LogP contribution < -0.4 is 20.9 Å². The van der Waals surface area contributed by atoms with Gasteiger partial charge < -0.3 is 9.64 Å². The van der Waals surface area contributed by atoms with Crippen molar-refractivity contribution in [1.82, 2.24) is 21.1 Å². The molecule has 0 aliphatic carbocycles. The van der Waals surface area contributed by atoms with E-state index in [0.29, 0.717) is 35.5 Å². The molecule has 1 saturated heterocycles. The molecule has 0 radical (unpaired) electrons. The van der Waals surface area contributed by atoms with Gasteiger partial charge in [-0.15, -0.1) is 0 Å². The summed E-state index contributed by atoms with van der Waals surface area (Å²) in [6.45, 7) is 3.56. The number of ether oxygens (including phenoxy) is 1. The van der Waals surface area contributed by atoms with E-state index < -0.39 is 11.8 Å². The van der Waals surface area contributed by atoms with Crippen LogP contribution in [0.3, 0.4) is 0 Å². The van der Waals surface area contributed by atoms with Crippen molar-refractivity contribution in [3.8, 4) is 5.75 Å². The Morgan fingerprint density at radius 3 is 2.61 bits per heavy atom. The van der Waals surface area contributed by atoms with Crippen LogP contribution in [-0.4, -0.2) is 40.9 Å². The summed E-state index contributed by atoms with van der Waals surface area (Å²) in [7, 11) is 0. The Hall–Kier alpha value is -2.98. The molecule has 2 aromatic rings. The maximum atomic E-state index is 12.5. The van der Waals surface area contributed by atoms with Gasteiger partial charge in [0.05, 0.1) is 17.0 Å². The maximum Gasteiger partial charge on any atom is 0.257 e. The van der Waals surface area contributed by atoms with Crippen LogP contribution >= 0.6 is 28.1 Å². The first-order valence-electron chi connectivity index (χ1n) is 12.0. The number of rotatable bonds is 10. The second kappa shape index (κ2) is 13.9. The Morgan fingerprint density at radius 1 is 1.11 bits per heavy atom. The van der Waals surface area contributed by atoms with Crippen molar-refractivity contribution < 1.29 is 19.1 Å². The zero-order valence-electron chi connectivity index (χ0n) is 20.2. The largest absolute Gasteiger partial charge is 0.492 e. The number of unbranched alkanes of at least 4 members (excludes halogenated alkanes) is 3. The summed E-state index contributed by atoms with van der Waals surface area (Å²) in [5, 5.41) is 2.48. The standard InChI is InChI=1S/C26H31BrN4O4S/c1-2-3-4-8-13-35-22-12-11-19(14-21(22)27)24(33)28-26(36)30-29-25(34)20-15-23(32)31(17-20)16-18-9-6-5-7-10-18/h5-7,9-12,14,20H,2-4,8,13,15-17H2,1H3,(H,29,34)(H2,28,30,33,36). The minimum atomic E-state index is -0.502. The van der Waals surface area contributed by atoms with Gasteiger partial charge in [0, 0.05) is 25.1 Å². The van der Waals surface area contributed by atoms with Gasteiger partial charge in [0.25, 0.3) is 5.91 Å². The van der Waals surface area contributed by atoms with E-state index in [0.717, 1.165) is 18.4 Å². The Labute approximate surface area is 225 Å². The van der Waals surface area contributed by atoms with Crippen molar-refractivity contribution in [2.45, 2.75) is 45.6 Å². The summed E-state index contributed by atoms with van der Waals surface area (Å²) in [5.41, 5.74) is 6.42. The number of likely N-dealkylation sites (tertiary alicyclic amines) is 1. The van der Waals surface area contributed by atoms with Gasteiger partial charge >= 0.3 is 0 Å². The molecule has 0 bridgehead atoms. The van der Waals surface area contributed by atoms with Crippen LogP contribution in [0.25, 0.3) is 0 Å². The smallest absolute Gasteiger partial charge is 0.257 e. The lowest BCUT2D eigenvalue weighted by Gasteiger charge is -2.17. The molecule has 3 amide bonds. The van der Waals surface area contributed by atoms with Gasteiger partial charge in [0.2, 0.25) is 11.8 Å². The number of amides is 3. The van der Waals surface area contributed by atoms with Crippen LogP contribution in [0.5, 0.6) is 5.75 Å². The maximum absolute atomic E-state index is 12.5. The Morgan fingerprint density at radius 2 is 1.89 bits per heavy atom. The summed E-state index contributed by atoms with van der Waals surface area (Å²) < 4.78 is 6.44. The average molecular weight is 576 g/mol. The number of carbonyl (C=O) groups is 3. The van der Waals surface area contributed by atoms with E-state index in [9.17, 15) is 14.4 Å². The number of thiocarbonyl (C=S) groups is 1. The van der Waals surface area contributed by atoms with E-state index in [4.69, 9.17) is 17.0 Å². The molecule has 192 valence electrons. The highest BCUT2D eigenvalue weighted by molar-refractivity contribution is 9.10. The highest BCUT2D eigenvalue weighted by Crippen LogP contribution is 2.26. The van der Waals surface area contributed by atoms with Gasteiger partial charge in [-0.2, -0.15) is 0 Å². The third kappa shape index (κ3) is 8.30. The zero-order chi connectivity index (χ0) is 25.9.